The van der Waals surface area contributed by atoms with Crippen molar-refractivity contribution >= 4 is 17.3 Å². The quantitative estimate of drug-likeness (QED) is 0.388. The molecular weight excluding hydrogens is 326 g/mol. The molecule has 0 spiro atoms. The van der Waals surface area contributed by atoms with Crippen molar-refractivity contribution in [3.63, 3.8) is 0 Å². The fourth-order valence-electron chi connectivity index (χ4n) is 2.29. The molecule has 0 bridgehead atoms. The topological polar surface area (TPSA) is 96.0 Å². The molecule has 0 fully saturated rings. The van der Waals surface area contributed by atoms with Gasteiger partial charge in [0.05, 0.1) is 23.4 Å². The molecule has 25 heavy (non-hydrogen) atoms. The van der Waals surface area contributed by atoms with Crippen LogP contribution in [0.2, 0.25) is 0 Å². The SMILES string of the molecule is CCOC(=O)COc1ccc(-c2cn3cc([N+](=O)[O-])ccc3n2)cc1. The molecule has 0 amide bonds. The number of fused-ring (bicyclic) bond motifs is 1. The van der Waals surface area contributed by atoms with Gasteiger partial charge in [-0.05, 0) is 37.3 Å². The summed E-state index contributed by atoms with van der Waals surface area (Å²) in [5, 5.41) is 10.8. The Labute approximate surface area is 142 Å². The second-order valence-electron chi connectivity index (χ2n) is 5.15. The first kappa shape index (κ1) is 16.4. The second-order valence-corrected chi connectivity index (χ2v) is 5.15. The summed E-state index contributed by atoms with van der Waals surface area (Å²) in [4.78, 5) is 26.1. The van der Waals surface area contributed by atoms with E-state index in [1.54, 1.807) is 47.9 Å². The number of hydrogen-bond acceptors (Lipinski definition) is 6. The normalized spacial score (nSPS) is 10.6. The first-order valence-corrected chi connectivity index (χ1v) is 7.59. The van der Waals surface area contributed by atoms with Gasteiger partial charge in [-0.15, -0.1) is 0 Å². The van der Waals surface area contributed by atoms with Crippen molar-refractivity contribution in [2.45, 2.75) is 6.92 Å². The number of hydrogen-bond donors (Lipinski definition) is 0. The number of nitro groups is 1. The van der Waals surface area contributed by atoms with Crippen LogP contribution in [0.4, 0.5) is 5.69 Å². The van der Waals surface area contributed by atoms with Crippen molar-refractivity contribution in [3.8, 4) is 17.0 Å². The minimum atomic E-state index is -0.450. The fraction of sp³-hybridized carbons (Fsp3) is 0.176. The highest BCUT2D eigenvalue weighted by molar-refractivity contribution is 5.71. The van der Waals surface area contributed by atoms with E-state index in [0.717, 1.165) is 5.56 Å². The third kappa shape index (κ3) is 3.74. The lowest BCUT2D eigenvalue weighted by Crippen LogP contribution is -2.14. The maximum absolute atomic E-state index is 11.3. The maximum atomic E-state index is 11.3. The Morgan fingerprint density at radius 1 is 1.20 bits per heavy atom. The van der Waals surface area contributed by atoms with Crippen LogP contribution in [0.15, 0.2) is 48.8 Å². The Balaban J connectivity index is 1.76. The van der Waals surface area contributed by atoms with Crippen LogP contribution in [0, 0.1) is 10.1 Å². The standard InChI is InChI=1S/C17H15N3O5/c1-2-24-17(21)11-25-14-6-3-12(4-7-14)15-10-19-9-13(20(22)23)5-8-16(19)18-15/h3-10H,2,11H2,1H3. The number of carbonyl (C=O) groups is 1. The number of nitrogens with zero attached hydrogens (tertiary/aromatic N) is 3. The first-order chi connectivity index (χ1) is 12.1. The fourth-order valence-corrected chi connectivity index (χ4v) is 2.29. The van der Waals surface area contributed by atoms with Gasteiger partial charge in [0.1, 0.15) is 11.4 Å². The molecule has 2 aromatic heterocycles. The molecule has 0 N–H and O–H groups in total. The third-order valence-corrected chi connectivity index (χ3v) is 3.46. The number of ether oxygens (including phenoxy) is 2. The van der Waals surface area contributed by atoms with Gasteiger partial charge in [0.25, 0.3) is 5.69 Å². The lowest BCUT2D eigenvalue weighted by Gasteiger charge is -2.06. The van der Waals surface area contributed by atoms with Crippen LogP contribution in [0.25, 0.3) is 16.9 Å². The van der Waals surface area contributed by atoms with Gasteiger partial charge >= 0.3 is 5.97 Å². The average Bonchev–Trinajstić information content (AvgIpc) is 3.04. The summed E-state index contributed by atoms with van der Waals surface area (Å²) in [6.07, 6.45) is 3.14. The number of carbonyl (C=O) groups excluding carboxylic acids is 1. The van der Waals surface area contributed by atoms with Gasteiger partial charge in [-0.2, -0.15) is 0 Å². The van der Waals surface area contributed by atoms with Crippen LogP contribution in [0.3, 0.4) is 0 Å². The van der Waals surface area contributed by atoms with Gasteiger partial charge in [0.2, 0.25) is 0 Å². The van der Waals surface area contributed by atoms with E-state index in [2.05, 4.69) is 4.98 Å². The molecule has 3 aromatic rings. The molecule has 0 radical (unpaired) electrons. The monoisotopic (exact) mass is 341 g/mol. The highest BCUT2D eigenvalue weighted by Gasteiger charge is 2.10. The third-order valence-electron chi connectivity index (χ3n) is 3.46. The van der Waals surface area contributed by atoms with Crippen molar-refractivity contribution in [2.75, 3.05) is 13.2 Å². The van der Waals surface area contributed by atoms with E-state index in [-0.39, 0.29) is 12.3 Å². The van der Waals surface area contributed by atoms with Gasteiger partial charge in [0, 0.05) is 17.8 Å². The average molecular weight is 341 g/mol. The van der Waals surface area contributed by atoms with E-state index < -0.39 is 10.9 Å². The molecule has 0 atom stereocenters. The lowest BCUT2D eigenvalue weighted by atomic mass is 10.2. The van der Waals surface area contributed by atoms with E-state index >= 15 is 0 Å². The Hall–Kier alpha value is -3.42. The summed E-state index contributed by atoms with van der Waals surface area (Å²) in [5.41, 5.74) is 2.12. The Kier molecular flexibility index (Phi) is 4.60. The summed E-state index contributed by atoms with van der Waals surface area (Å²) in [5.74, 6) is 0.115. The number of imidazole rings is 1. The van der Waals surface area contributed by atoms with Crippen LogP contribution in [0.5, 0.6) is 5.75 Å². The Morgan fingerprint density at radius 3 is 2.64 bits per heavy atom. The number of pyridine rings is 1. The molecule has 0 aliphatic carbocycles. The number of rotatable bonds is 6. The van der Waals surface area contributed by atoms with Crippen LogP contribution >= 0.6 is 0 Å². The van der Waals surface area contributed by atoms with Crippen LogP contribution in [0.1, 0.15) is 6.92 Å². The van der Waals surface area contributed by atoms with Gasteiger partial charge < -0.3 is 9.47 Å². The van der Waals surface area contributed by atoms with Crippen LogP contribution in [-0.2, 0) is 9.53 Å². The van der Waals surface area contributed by atoms with E-state index in [1.807, 2.05) is 0 Å². The van der Waals surface area contributed by atoms with Crippen LogP contribution in [-0.4, -0.2) is 33.5 Å². The summed E-state index contributed by atoms with van der Waals surface area (Å²) < 4.78 is 11.7. The minimum absolute atomic E-state index is 0.000775. The predicted molar refractivity (Wildman–Crippen MR) is 89.4 cm³/mol. The number of aromatic nitrogens is 2. The molecule has 0 aliphatic heterocycles. The molecule has 3 rings (SSSR count). The van der Waals surface area contributed by atoms with Crippen LogP contribution < -0.4 is 4.74 Å². The molecular formula is C17H15N3O5. The molecule has 0 saturated carbocycles. The molecule has 0 saturated heterocycles. The van der Waals surface area contributed by atoms with Crippen molar-refractivity contribution in [2.24, 2.45) is 0 Å². The number of benzene rings is 1. The zero-order chi connectivity index (χ0) is 17.8. The molecule has 0 aliphatic rings. The van der Waals surface area contributed by atoms with Gasteiger partial charge in [0.15, 0.2) is 6.61 Å². The summed E-state index contributed by atoms with van der Waals surface area (Å²) in [6.45, 7) is 1.90. The minimum Gasteiger partial charge on any atom is -0.482 e. The summed E-state index contributed by atoms with van der Waals surface area (Å²) in [7, 11) is 0. The smallest absolute Gasteiger partial charge is 0.344 e. The van der Waals surface area contributed by atoms with Gasteiger partial charge in [-0.1, -0.05) is 0 Å². The maximum Gasteiger partial charge on any atom is 0.344 e. The second kappa shape index (κ2) is 7.00. The van der Waals surface area contributed by atoms with Crippen molar-refractivity contribution in [1.82, 2.24) is 9.38 Å². The van der Waals surface area contributed by atoms with E-state index in [9.17, 15) is 14.9 Å². The lowest BCUT2D eigenvalue weighted by molar-refractivity contribution is -0.385. The molecule has 8 heteroatoms. The highest BCUT2D eigenvalue weighted by Crippen LogP contribution is 2.23. The van der Waals surface area contributed by atoms with E-state index in [0.29, 0.717) is 23.7 Å². The van der Waals surface area contributed by atoms with Crippen molar-refractivity contribution in [1.29, 1.82) is 0 Å². The number of esters is 1. The van der Waals surface area contributed by atoms with Crippen molar-refractivity contribution in [3.05, 3.63) is 58.9 Å². The van der Waals surface area contributed by atoms with Crippen molar-refractivity contribution < 1.29 is 19.2 Å². The van der Waals surface area contributed by atoms with Gasteiger partial charge in [-0.3, -0.25) is 14.5 Å². The molecule has 0 unspecified atom stereocenters. The largest absolute Gasteiger partial charge is 0.482 e. The summed E-state index contributed by atoms with van der Waals surface area (Å²) >= 11 is 0. The molecule has 128 valence electrons. The first-order valence-electron chi connectivity index (χ1n) is 7.59. The van der Waals surface area contributed by atoms with Gasteiger partial charge in [-0.25, -0.2) is 9.78 Å². The molecule has 1 aromatic carbocycles. The summed E-state index contributed by atoms with van der Waals surface area (Å²) in [6, 6.07) is 10.1. The highest BCUT2D eigenvalue weighted by atomic mass is 16.6. The van der Waals surface area contributed by atoms with E-state index in [1.165, 1.54) is 12.3 Å². The zero-order valence-electron chi connectivity index (χ0n) is 13.4. The molecule has 2 heterocycles. The zero-order valence-corrected chi connectivity index (χ0v) is 13.4. The predicted octanol–water partition coefficient (Wildman–Crippen LogP) is 2.85. The Morgan fingerprint density at radius 2 is 1.96 bits per heavy atom. The Bertz CT molecular complexity index is 918. The molecule has 8 nitrogen and oxygen atoms in total. The van der Waals surface area contributed by atoms with E-state index in [4.69, 9.17) is 9.47 Å².